The third kappa shape index (κ3) is 3.77. The van der Waals surface area contributed by atoms with E-state index in [1.54, 1.807) is 30.3 Å². The second-order valence-corrected chi connectivity index (χ2v) is 8.33. The van der Waals surface area contributed by atoms with Crippen molar-refractivity contribution in [2.45, 2.75) is 6.04 Å². The molecule has 1 amide bonds. The Kier molecular flexibility index (Phi) is 5.46. The lowest BCUT2D eigenvalue weighted by molar-refractivity contribution is -0.132. The molecule has 0 aromatic heterocycles. The molecule has 0 bridgehead atoms. The molecule has 1 unspecified atom stereocenters. The average Bonchev–Trinajstić information content (AvgIpc) is 3.14. The van der Waals surface area contributed by atoms with Gasteiger partial charge in [0.1, 0.15) is 23.9 Å². The number of nitrogens with zero attached hydrogens (tertiary/aromatic N) is 3. The fourth-order valence-corrected chi connectivity index (χ4v) is 4.41. The zero-order valence-electron chi connectivity index (χ0n) is 18.7. The molecule has 35 heavy (non-hydrogen) atoms. The molecule has 1 fully saturated rings. The SMILES string of the molecule is CN1CCOc2ccc(/C(O)=C3/C(=O)C(=O)N(c4ccc(C#N)cc4)C3c3ccc(F)cc3)cc21. The number of Topliss-reactive ketones (excluding diaryl/α,β-unsaturated/α-hetero) is 1. The highest BCUT2D eigenvalue weighted by Crippen LogP contribution is 2.43. The molecule has 0 spiro atoms. The number of hydrogen-bond donors (Lipinski definition) is 1. The minimum absolute atomic E-state index is 0.106. The summed E-state index contributed by atoms with van der Waals surface area (Å²) in [7, 11) is 1.90. The average molecular weight is 469 g/mol. The fraction of sp³-hybridized carbons (Fsp3) is 0.148. The van der Waals surface area contributed by atoms with Gasteiger partial charge in [0, 0.05) is 18.3 Å². The molecule has 3 aromatic rings. The molecule has 1 N–H and O–H groups in total. The van der Waals surface area contributed by atoms with Gasteiger partial charge in [-0.3, -0.25) is 14.5 Å². The van der Waals surface area contributed by atoms with Gasteiger partial charge in [-0.05, 0) is 60.2 Å². The van der Waals surface area contributed by atoms with Crippen molar-refractivity contribution in [1.82, 2.24) is 0 Å². The second kappa shape index (κ2) is 8.61. The Morgan fingerprint density at radius 2 is 1.80 bits per heavy atom. The zero-order valence-corrected chi connectivity index (χ0v) is 18.7. The van der Waals surface area contributed by atoms with Gasteiger partial charge in [0.05, 0.1) is 35.5 Å². The minimum atomic E-state index is -0.992. The Labute approximate surface area is 200 Å². The van der Waals surface area contributed by atoms with Crippen LogP contribution in [0.5, 0.6) is 5.75 Å². The van der Waals surface area contributed by atoms with E-state index in [1.165, 1.54) is 41.3 Å². The Bertz CT molecular complexity index is 1410. The minimum Gasteiger partial charge on any atom is -0.507 e. The number of rotatable bonds is 3. The van der Waals surface area contributed by atoms with Crippen LogP contribution in [-0.2, 0) is 9.59 Å². The molecule has 7 nitrogen and oxygen atoms in total. The van der Waals surface area contributed by atoms with Crippen LogP contribution in [0.3, 0.4) is 0 Å². The Hall–Kier alpha value is -4.64. The molecular formula is C27H20FN3O4. The van der Waals surface area contributed by atoms with Crippen LogP contribution in [0.4, 0.5) is 15.8 Å². The van der Waals surface area contributed by atoms with E-state index in [1.807, 2.05) is 18.0 Å². The van der Waals surface area contributed by atoms with Gasteiger partial charge in [0.25, 0.3) is 11.7 Å². The van der Waals surface area contributed by atoms with Crippen molar-refractivity contribution >= 4 is 28.8 Å². The van der Waals surface area contributed by atoms with Gasteiger partial charge >= 0.3 is 0 Å². The van der Waals surface area contributed by atoms with Gasteiger partial charge in [-0.1, -0.05) is 12.1 Å². The Balaban J connectivity index is 1.68. The highest BCUT2D eigenvalue weighted by atomic mass is 19.1. The van der Waals surface area contributed by atoms with Gasteiger partial charge in [-0.25, -0.2) is 4.39 Å². The second-order valence-electron chi connectivity index (χ2n) is 8.33. The number of carbonyl (C=O) groups is 2. The molecule has 3 aromatic carbocycles. The Morgan fingerprint density at radius 1 is 1.09 bits per heavy atom. The number of hydrogen-bond acceptors (Lipinski definition) is 6. The van der Waals surface area contributed by atoms with Crippen LogP contribution in [0.1, 0.15) is 22.7 Å². The zero-order chi connectivity index (χ0) is 24.7. The number of carbonyl (C=O) groups excluding carboxylic acids is 2. The molecule has 0 aliphatic carbocycles. The van der Waals surface area contributed by atoms with Gasteiger partial charge in [-0.15, -0.1) is 0 Å². The van der Waals surface area contributed by atoms with Gasteiger partial charge in [0.2, 0.25) is 0 Å². The molecule has 1 saturated heterocycles. The number of fused-ring (bicyclic) bond motifs is 1. The van der Waals surface area contributed by atoms with Crippen LogP contribution >= 0.6 is 0 Å². The predicted molar refractivity (Wildman–Crippen MR) is 128 cm³/mol. The van der Waals surface area contributed by atoms with Gasteiger partial charge in [-0.2, -0.15) is 5.26 Å². The monoisotopic (exact) mass is 469 g/mol. The fourth-order valence-electron chi connectivity index (χ4n) is 4.41. The first kappa shape index (κ1) is 22.2. The molecule has 2 aliphatic rings. The molecule has 1 atom stereocenters. The summed E-state index contributed by atoms with van der Waals surface area (Å²) in [6, 6.07) is 17.7. The van der Waals surface area contributed by atoms with Crippen molar-refractivity contribution in [1.29, 1.82) is 5.26 Å². The van der Waals surface area contributed by atoms with Gasteiger partial charge in [0.15, 0.2) is 0 Å². The van der Waals surface area contributed by atoms with Crippen molar-refractivity contribution < 1.29 is 23.8 Å². The number of aliphatic hydroxyl groups is 1. The van der Waals surface area contributed by atoms with Crippen LogP contribution in [0.25, 0.3) is 5.76 Å². The summed E-state index contributed by atoms with van der Waals surface area (Å²) in [5.41, 5.74) is 2.22. The number of nitriles is 1. The third-order valence-corrected chi connectivity index (χ3v) is 6.23. The van der Waals surface area contributed by atoms with Crippen LogP contribution in [0, 0.1) is 17.1 Å². The van der Waals surface area contributed by atoms with Crippen LogP contribution in [-0.4, -0.2) is 37.0 Å². The maximum Gasteiger partial charge on any atom is 0.300 e. The molecule has 0 radical (unpaired) electrons. The van der Waals surface area contributed by atoms with E-state index < -0.39 is 23.5 Å². The number of anilines is 2. The van der Waals surface area contributed by atoms with Crippen molar-refractivity contribution in [3.8, 4) is 11.8 Å². The standard InChI is InChI=1S/C27H20FN3O4/c1-30-12-13-35-22-11-6-18(14-21(22)30)25(32)23-24(17-4-7-19(28)8-5-17)31(27(34)26(23)33)20-9-2-16(15-29)3-10-20/h2-11,14,24,32H,12-13H2,1H3/b25-23-. The summed E-state index contributed by atoms with van der Waals surface area (Å²) in [5, 5.41) is 20.4. The number of amides is 1. The summed E-state index contributed by atoms with van der Waals surface area (Å²) < 4.78 is 19.4. The molecule has 174 valence electrons. The Morgan fingerprint density at radius 3 is 2.49 bits per heavy atom. The van der Waals surface area contributed by atoms with E-state index in [-0.39, 0.29) is 11.3 Å². The van der Waals surface area contributed by atoms with E-state index in [4.69, 9.17) is 10.00 Å². The molecule has 5 rings (SSSR count). The predicted octanol–water partition coefficient (Wildman–Crippen LogP) is 4.15. The van der Waals surface area contributed by atoms with Crippen molar-refractivity contribution in [3.05, 3.63) is 94.8 Å². The maximum atomic E-state index is 13.7. The molecule has 2 heterocycles. The van der Waals surface area contributed by atoms with Crippen molar-refractivity contribution in [2.24, 2.45) is 0 Å². The largest absolute Gasteiger partial charge is 0.507 e. The highest BCUT2D eigenvalue weighted by molar-refractivity contribution is 6.51. The summed E-state index contributed by atoms with van der Waals surface area (Å²) in [6.45, 7) is 1.20. The first-order valence-electron chi connectivity index (χ1n) is 10.9. The van der Waals surface area contributed by atoms with Crippen molar-refractivity contribution in [3.63, 3.8) is 0 Å². The number of halogens is 1. The molecule has 0 saturated carbocycles. The summed E-state index contributed by atoms with van der Waals surface area (Å²) >= 11 is 0. The molecular weight excluding hydrogens is 449 g/mol. The van der Waals surface area contributed by atoms with E-state index >= 15 is 0 Å². The molecule has 2 aliphatic heterocycles. The topological polar surface area (TPSA) is 93.9 Å². The van der Waals surface area contributed by atoms with E-state index in [0.717, 1.165) is 5.69 Å². The highest BCUT2D eigenvalue weighted by Gasteiger charge is 2.47. The van der Waals surface area contributed by atoms with Crippen LogP contribution in [0.2, 0.25) is 0 Å². The lowest BCUT2D eigenvalue weighted by Gasteiger charge is -2.28. The van der Waals surface area contributed by atoms with Crippen LogP contribution < -0.4 is 14.5 Å². The number of ketones is 1. The normalized spacial score (nSPS) is 18.7. The first-order valence-corrected chi connectivity index (χ1v) is 10.9. The third-order valence-electron chi connectivity index (χ3n) is 6.23. The van der Waals surface area contributed by atoms with Crippen molar-refractivity contribution in [2.75, 3.05) is 30.0 Å². The lowest BCUT2D eigenvalue weighted by Crippen LogP contribution is -2.29. The van der Waals surface area contributed by atoms with Crippen LogP contribution in [0.15, 0.2) is 72.3 Å². The summed E-state index contributed by atoms with van der Waals surface area (Å²) in [5.74, 6) is -1.84. The number of benzene rings is 3. The smallest absolute Gasteiger partial charge is 0.300 e. The number of ether oxygens (including phenoxy) is 1. The number of likely N-dealkylation sites (N-methyl/N-ethyl adjacent to an activating group) is 1. The van der Waals surface area contributed by atoms with E-state index in [9.17, 15) is 19.1 Å². The first-order chi connectivity index (χ1) is 16.9. The number of aliphatic hydroxyl groups excluding tert-OH is 1. The van der Waals surface area contributed by atoms with E-state index in [0.29, 0.717) is 41.3 Å². The maximum absolute atomic E-state index is 13.7. The van der Waals surface area contributed by atoms with E-state index in [2.05, 4.69) is 0 Å². The lowest BCUT2D eigenvalue weighted by atomic mass is 9.94. The van der Waals surface area contributed by atoms with Gasteiger partial charge < -0.3 is 14.7 Å². The summed E-state index contributed by atoms with van der Waals surface area (Å²) in [4.78, 5) is 29.7. The quantitative estimate of drug-likeness (QED) is 0.352. The summed E-state index contributed by atoms with van der Waals surface area (Å²) in [6.07, 6.45) is 0. The molecule has 8 heteroatoms.